The van der Waals surface area contributed by atoms with E-state index < -0.39 is 11.7 Å². The van der Waals surface area contributed by atoms with Crippen molar-refractivity contribution < 1.29 is 14.0 Å². The van der Waals surface area contributed by atoms with Crippen LogP contribution in [0.1, 0.15) is 23.1 Å². The molecule has 0 saturated carbocycles. The number of nitrogens with zero attached hydrogens (tertiary/aromatic N) is 1. The molecular weight excluding hydrogens is 399 g/mol. The van der Waals surface area contributed by atoms with Crippen LogP contribution < -0.4 is 10.2 Å². The summed E-state index contributed by atoms with van der Waals surface area (Å²) < 4.78 is 14.1. The molecule has 136 valence electrons. The summed E-state index contributed by atoms with van der Waals surface area (Å²) in [5.74, 6) is -1.24. The Morgan fingerprint density at radius 1 is 1.19 bits per heavy atom. The van der Waals surface area contributed by atoms with Crippen molar-refractivity contribution in [1.82, 2.24) is 0 Å². The lowest BCUT2D eigenvalue weighted by Crippen LogP contribution is -2.28. The lowest BCUT2D eigenvalue weighted by molar-refractivity contribution is -0.122. The van der Waals surface area contributed by atoms with Crippen molar-refractivity contribution in [2.75, 3.05) is 16.8 Å². The van der Waals surface area contributed by atoms with Crippen LogP contribution in [0.3, 0.4) is 0 Å². The standard InChI is InChI=1S/C20H20BrFN2O2/c1-11-4-5-18(13(3)6-11)24-10-14(8-19(24)25)20(26)23-17-9-16(22)15(21)7-12(17)2/h4-7,9,14H,8,10H2,1-3H3,(H,23,26). The van der Waals surface area contributed by atoms with E-state index in [9.17, 15) is 14.0 Å². The lowest BCUT2D eigenvalue weighted by Gasteiger charge is -2.19. The number of hydrogen-bond acceptors (Lipinski definition) is 2. The van der Waals surface area contributed by atoms with Crippen LogP contribution in [0.5, 0.6) is 0 Å². The fourth-order valence-corrected chi connectivity index (χ4v) is 3.70. The molecule has 1 aliphatic heterocycles. The highest BCUT2D eigenvalue weighted by atomic mass is 79.9. The van der Waals surface area contributed by atoms with E-state index in [-0.39, 0.29) is 18.2 Å². The summed E-state index contributed by atoms with van der Waals surface area (Å²) in [7, 11) is 0. The van der Waals surface area contributed by atoms with Gasteiger partial charge in [0.05, 0.1) is 10.4 Å². The molecule has 1 N–H and O–H groups in total. The summed E-state index contributed by atoms with van der Waals surface area (Å²) in [4.78, 5) is 26.7. The summed E-state index contributed by atoms with van der Waals surface area (Å²) in [6.45, 7) is 6.07. The van der Waals surface area contributed by atoms with E-state index in [2.05, 4.69) is 21.2 Å². The number of nitrogens with one attached hydrogen (secondary N) is 1. The molecule has 1 saturated heterocycles. The third-order valence-corrected chi connectivity index (χ3v) is 5.27. The zero-order valence-electron chi connectivity index (χ0n) is 14.9. The van der Waals surface area contributed by atoms with Gasteiger partial charge >= 0.3 is 0 Å². The van der Waals surface area contributed by atoms with Crippen LogP contribution in [0.15, 0.2) is 34.8 Å². The van der Waals surface area contributed by atoms with Crippen molar-refractivity contribution in [3.8, 4) is 0 Å². The van der Waals surface area contributed by atoms with Gasteiger partial charge in [0.1, 0.15) is 5.82 Å². The molecule has 2 amide bonds. The van der Waals surface area contributed by atoms with Crippen molar-refractivity contribution >= 4 is 39.1 Å². The topological polar surface area (TPSA) is 49.4 Å². The molecule has 1 heterocycles. The van der Waals surface area contributed by atoms with Crippen LogP contribution in [0.4, 0.5) is 15.8 Å². The number of aryl methyl sites for hydroxylation is 3. The Morgan fingerprint density at radius 3 is 2.62 bits per heavy atom. The van der Waals surface area contributed by atoms with Gasteiger partial charge in [0, 0.05) is 24.3 Å². The van der Waals surface area contributed by atoms with Gasteiger partial charge in [0.2, 0.25) is 11.8 Å². The number of halogens is 2. The Hall–Kier alpha value is -2.21. The third-order valence-electron chi connectivity index (χ3n) is 4.66. The fourth-order valence-electron chi connectivity index (χ4n) is 3.24. The molecule has 0 spiro atoms. The zero-order chi connectivity index (χ0) is 19.0. The quantitative estimate of drug-likeness (QED) is 0.796. The Kier molecular flexibility index (Phi) is 5.14. The molecule has 0 radical (unpaired) electrons. The first-order valence-electron chi connectivity index (χ1n) is 8.40. The summed E-state index contributed by atoms with van der Waals surface area (Å²) in [6.07, 6.45) is 0.150. The number of rotatable bonds is 3. The molecule has 1 unspecified atom stereocenters. The molecule has 1 aliphatic rings. The molecule has 4 nitrogen and oxygen atoms in total. The van der Waals surface area contributed by atoms with E-state index >= 15 is 0 Å². The fraction of sp³-hybridized carbons (Fsp3) is 0.300. The predicted octanol–water partition coefficient (Wildman–Crippen LogP) is 4.51. The molecule has 0 bridgehead atoms. The highest BCUT2D eigenvalue weighted by molar-refractivity contribution is 9.10. The molecule has 26 heavy (non-hydrogen) atoms. The van der Waals surface area contributed by atoms with Gasteiger partial charge in [-0.1, -0.05) is 17.7 Å². The van der Waals surface area contributed by atoms with E-state index in [0.717, 1.165) is 22.4 Å². The summed E-state index contributed by atoms with van der Waals surface area (Å²) in [5.41, 5.74) is 4.14. The molecule has 0 aliphatic carbocycles. The molecule has 3 rings (SSSR count). The van der Waals surface area contributed by atoms with E-state index in [1.54, 1.807) is 17.9 Å². The number of carbonyl (C=O) groups is 2. The minimum atomic E-state index is -0.464. The van der Waals surface area contributed by atoms with Crippen LogP contribution in [0.25, 0.3) is 0 Å². The summed E-state index contributed by atoms with van der Waals surface area (Å²) in [5, 5.41) is 2.76. The normalized spacial score (nSPS) is 16.9. The highest BCUT2D eigenvalue weighted by Crippen LogP contribution is 2.30. The maximum Gasteiger partial charge on any atom is 0.229 e. The smallest absolute Gasteiger partial charge is 0.229 e. The number of anilines is 2. The van der Waals surface area contributed by atoms with Crippen LogP contribution in [0, 0.1) is 32.5 Å². The first-order chi connectivity index (χ1) is 12.3. The van der Waals surface area contributed by atoms with Gasteiger partial charge in [-0.05, 0) is 66.0 Å². The first kappa shape index (κ1) is 18.6. The second-order valence-electron chi connectivity index (χ2n) is 6.77. The van der Waals surface area contributed by atoms with Crippen LogP contribution in [-0.2, 0) is 9.59 Å². The largest absolute Gasteiger partial charge is 0.325 e. The van der Waals surface area contributed by atoms with E-state index in [4.69, 9.17) is 0 Å². The van der Waals surface area contributed by atoms with Crippen LogP contribution >= 0.6 is 15.9 Å². The zero-order valence-corrected chi connectivity index (χ0v) is 16.5. The van der Waals surface area contributed by atoms with Gasteiger partial charge in [0.25, 0.3) is 0 Å². The van der Waals surface area contributed by atoms with Crippen molar-refractivity contribution in [2.45, 2.75) is 27.2 Å². The molecule has 2 aromatic rings. The van der Waals surface area contributed by atoms with Crippen LogP contribution in [0.2, 0.25) is 0 Å². The number of hydrogen-bond donors (Lipinski definition) is 1. The van der Waals surface area contributed by atoms with Gasteiger partial charge in [-0.2, -0.15) is 0 Å². The highest BCUT2D eigenvalue weighted by Gasteiger charge is 2.35. The van der Waals surface area contributed by atoms with E-state index in [1.165, 1.54) is 6.07 Å². The van der Waals surface area contributed by atoms with Crippen molar-refractivity contribution in [1.29, 1.82) is 0 Å². The van der Waals surface area contributed by atoms with Gasteiger partial charge < -0.3 is 10.2 Å². The molecule has 6 heteroatoms. The minimum Gasteiger partial charge on any atom is -0.325 e. The predicted molar refractivity (Wildman–Crippen MR) is 104 cm³/mol. The maximum absolute atomic E-state index is 13.7. The monoisotopic (exact) mass is 418 g/mol. The van der Waals surface area contributed by atoms with Gasteiger partial charge in [-0.15, -0.1) is 0 Å². The molecule has 1 atom stereocenters. The second-order valence-corrected chi connectivity index (χ2v) is 7.62. The van der Waals surface area contributed by atoms with E-state index in [0.29, 0.717) is 16.7 Å². The van der Waals surface area contributed by atoms with Gasteiger partial charge in [-0.25, -0.2) is 4.39 Å². The second kappa shape index (κ2) is 7.19. The van der Waals surface area contributed by atoms with Gasteiger partial charge in [0.15, 0.2) is 0 Å². The van der Waals surface area contributed by atoms with Crippen molar-refractivity contribution in [3.05, 3.63) is 57.3 Å². The Morgan fingerprint density at radius 2 is 1.92 bits per heavy atom. The minimum absolute atomic E-state index is 0.0733. The first-order valence-corrected chi connectivity index (χ1v) is 9.19. The van der Waals surface area contributed by atoms with Crippen molar-refractivity contribution in [3.63, 3.8) is 0 Å². The maximum atomic E-state index is 13.7. The Labute approximate surface area is 160 Å². The number of amides is 2. The van der Waals surface area contributed by atoms with Crippen LogP contribution in [-0.4, -0.2) is 18.4 Å². The SMILES string of the molecule is Cc1ccc(N2CC(C(=O)Nc3cc(F)c(Br)cc3C)CC2=O)c(C)c1. The van der Waals surface area contributed by atoms with Gasteiger partial charge in [-0.3, -0.25) is 9.59 Å². The molecular formula is C20H20BrFN2O2. The Bertz CT molecular complexity index is 898. The molecule has 2 aromatic carbocycles. The average Bonchev–Trinajstić information content (AvgIpc) is 2.94. The molecule has 0 aromatic heterocycles. The third kappa shape index (κ3) is 3.65. The number of carbonyl (C=O) groups excluding carboxylic acids is 2. The molecule has 1 fully saturated rings. The van der Waals surface area contributed by atoms with E-state index in [1.807, 2.05) is 32.0 Å². The number of benzene rings is 2. The lowest BCUT2D eigenvalue weighted by atomic mass is 10.1. The average molecular weight is 419 g/mol. The summed E-state index contributed by atoms with van der Waals surface area (Å²) in [6, 6.07) is 8.79. The Balaban J connectivity index is 1.76. The summed E-state index contributed by atoms with van der Waals surface area (Å²) >= 11 is 3.13. The van der Waals surface area contributed by atoms with Crippen molar-refractivity contribution in [2.24, 2.45) is 5.92 Å².